The fourth-order valence-electron chi connectivity index (χ4n) is 3.47. The smallest absolute Gasteiger partial charge is 0.197 e. The highest BCUT2D eigenvalue weighted by atomic mass is 15.4. The molecule has 3 nitrogen and oxygen atoms in total. The minimum absolute atomic E-state index is 0.277. The van der Waals surface area contributed by atoms with E-state index >= 15 is 0 Å². The summed E-state index contributed by atoms with van der Waals surface area (Å²) in [5.74, 6) is 1.08. The van der Waals surface area contributed by atoms with Gasteiger partial charge in [0.25, 0.3) is 0 Å². The number of hydrogen-bond donors (Lipinski definition) is 0. The molecule has 0 saturated carbocycles. The van der Waals surface area contributed by atoms with Crippen LogP contribution in [-0.2, 0) is 0 Å². The second-order valence-electron chi connectivity index (χ2n) is 6.11. The largest absolute Gasteiger partial charge is 0.336 e. The summed E-state index contributed by atoms with van der Waals surface area (Å²) in [6.45, 7) is 3.04. The molecular formula is C20H25N3. The molecule has 1 saturated heterocycles. The fraction of sp³-hybridized carbons (Fsp3) is 0.350. The van der Waals surface area contributed by atoms with Crippen molar-refractivity contribution in [3.63, 3.8) is 0 Å². The molecule has 2 atom stereocenters. The van der Waals surface area contributed by atoms with Gasteiger partial charge in [-0.05, 0) is 17.5 Å². The summed E-state index contributed by atoms with van der Waals surface area (Å²) in [6, 6.07) is 22.0. The molecule has 1 aliphatic rings. The predicted octanol–water partition coefficient (Wildman–Crippen LogP) is 4.11. The lowest BCUT2D eigenvalue weighted by Gasteiger charge is -2.26. The van der Waals surface area contributed by atoms with E-state index in [2.05, 4.69) is 91.5 Å². The Morgan fingerprint density at radius 3 is 1.61 bits per heavy atom. The number of guanidine groups is 1. The van der Waals surface area contributed by atoms with Gasteiger partial charge in [-0.2, -0.15) is 0 Å². The lowest BCUT2D eigenvalue weighted by atomic mass is 9.93. The summed E-state index contributed by atoms with van der Waals surface area (Å²) in [7, 11) is 4.32. The van der Waals surface area contributed by atoms with E-state index in [4.69, 9.17) is 4.99 Å². The van der Waals surface area contributed by atoms with Crippen LogP contribution in [0.2, 0.25) is 0 Å². The van der Waals surface area contributed by atoms with E-state index in [9.17, 15) is 0 Å². The maximum atomic E-state index is 4.82. The van der Waals surface area contributed by atoms with Crippen LogP contribution in [-0.4, -0.2) is 36.4 Å². The summed E-state index contributed by atoms with van der Waals surface area (Å²) in [4.78, 5) is 9.47. The van der Waals surface area contributed by atoms with Gasteiger partial charge in [-0.15, -0.1) is 0 Å². The normalized spacial score (nSPS) is 20.9. The molecule has 120 valence electrons. The van der Waals surface area contributed by atoms with Crippen LogP contribution in [0.4, 0.5) is 0 Å². The number of hydrogen-bond acceptors (Lipinski definition) is 1. The SMILES string of the molecule is CCCN=C1N(C)[C@@H](c2ccccc2)[C@H](c2ccccc2)N1C. The Morgan fingerprint density at radius 2 is 1.22 bits per heavy atom. The molecule has 3 rings (SSSR count). The molecule has 0 amide bonds. The van der Waals surface area contributed by atoms with E-state index < -0.39 is 0 Å². The van der Waals surface area contributed by atoms with Gasteiger partial charge in [0.15, 0.2) is 5.96 Å². The predicted molar refractivity (Wildman–Crippen MR) is 96.5 cm³/mol. The molecule has 0 aromatic heterocycles. The Morgan fingerprint density at radius 1 is 0.783 bits per heavy atom. The van der Waals surface area contributed by atoms with Gasteiger partial charge < -0.3 is 9.80 Å². The standard InChI is InChI=1S/C20H25N3/c1-4-15-21-20-22(2)18(16-11-7-5-8-12-16)19(23(20)3)17-13-9-6-10-14-17/h5-14,18-19H,4,15H2,1-3H3/t18-,19-/m0/s1. The van der Waals surface area contributed by atoms with Gasteiger partial charge in [0, 0.05) is 20.6 Å². The minimum Gasteiger partial charge on any atom is -0.336 e. The van der Waals surface area contributed by atoms with Crippen molar-refractivity contribution < 1.29 is 0 Å². The van der Waals surface area contributed by atoms with E-state index in [0.29, 0.717) is 0 Å². The Labute approximate surface area is 139 Å². The van der Waals surface area contributed by atoms with Gasteiger partial charge in [-0.25, -0.2) is 0 Å². The van der Waals surface area contributed by atoms with Crippen molar-refractivity contribution in [1.29, 1.82) is 0 Å². The Bertz CT molecular complexity index is 598. The highest BCUT2D eigenvalue weighted by molar-refractivity contribution is 5.83. The molecule has 2 aromatic rings. The summed E-state index contributed by atoms with van der Waals surface area (Å²) in [5.41, 5.74) is 2.66. The van der Waals surface area contributed by atoms with Crippen LogP contribution in [0.15, 0.2) is 65.7 Å². The molecule has 0 radical (unpaired) electrons. The maximum Gasteiger partial charge on any atom is 0.197 e. The van der Waals surface area contributed by atoms with Crippen LogP contribution >= 0.6 is 0 Å². The Balaban J connectivity index is 2.06. The minimum atomic E-state index is 0.277. The van der Waals surface area contributed by atoms with Crippen molar-refractivity contribution in [3.05, 3.63) is 71.8 Å². The quantitative estimate of drug-likeness (QED) is 0.846. The van der Waals surface area contributed by atoms with E-state index in [1.807, 2.05) is 0 Å². The Kier molecular flexibility index (Phi) is 4.65. The number of benzene rings is 2. The van der Waals surface area contributed by atoms with Crippen LogP contribution in [0, 0.1) is 0 Å². The first-order valence-corrected chi connectivity index (χ1v) is 8.34. The molecule has 2 aromatic carbocycles. The highest BCUT2D eigenvalue weighted by Gasteiger charge is 2.41. The summed E-state index contributed by atoms with van der Waals surface area (Å²) in [5, 5.41) is 0. The van der Waals surface area contributed by atoms with Crippen molar-refractivity contribution in [2.24, 2.45) is 4.99 Å². The highest BCUT2D eigenvalue weighted by Crippen LogP contribution is 2.43. The van der Waals surface area contributed by atoms with Gasteiger partial charge in [0.2, 0.25) is 0 Å². The third-order valence-electron chi connectivity index (χ3n) is 4.52. The van der Waals surface area contributed by atoms with E-state index in [1.165, 1.54) is 11.1 Å². The third kappa shape index (κ3) is 2.96. The van der Waals surface area contributed by atoms with Gasteiger partial charge >= 0.3 is 0 Å². The third-order valence-corrected chi connectivity index (χ3v) is 4.52. The monoisotopic (exact) mass is 307 g/mol. The van der Waals surface area contributed by atoms with Crippen LogP contribution in [0.1, 0.15) is 36.6 Å². The maximum absolute atomic E-state index is 4.82. The van der Waals surface area contributed by atoms with E-state index in [0.717, 1.165) is 18.9 Å². The summed E-state index contributed by atoms with van der Waals surface area (Å²) >= 11 is 0. The topological polar surface area (TPSA) is 18.8 Å². The van der Waals surface area contributed by atoms with Crippen LogP contribution in [0.25, 0.3) is 0 Å². The van der Waals surface area contributed by atoms with Crippen molar-refractivity contribution in [3.8, 4) is 0 Å². The van der Waals surface area contributed by atoms with Crippen molar-refractivity contribution in [1.82, 2.24) is 9.80 Å². The molecule has 23 heavy (non-hydrogen) atoms. The molecule has 0 aliphatic carbocycles. The zero-order chi connectivity index (χ0) is 16.2. The van der Waals surface area contributed by atoms with E-state index in [1.54, 1.807) is 0 Å². The van der Waals surface area contributed by atoms with Gasteiger partial charge in [-0.3, -0.25) is 4.99 Å². The molecule has 0 spiro atoms. The molecule has 0 N–H and O–H groups in total. The van der Waals surface area contributed by atoms with Crippen LogP contribution in [0.3, 0.4) is 0 Å². The van der Waals surface area contributed by atoms with Gasteiger partial charge in [-0.1, -0.05) is 67.6 Å². The van der Waals surface area contributed by atoms with Crippen LogP contribution < -0.4 is 0 Å². The Hall–Kier alpha value is -2.29. The second-order valence-corrected chi connectivity index (χ2v) is 6.11. The molecule has 1 aliphatic heterocycles. The zero-order valence-electron chi connectivity index (χ0n) is 14.2. The summed E-state index contributed by atoms with van der Waals surface area (Å²) in [6.07, 6.45) is 1.07. The number of rotatable bonds is 4. The second kappa shape index (κ2) is 6.86. The number of likely N-dealkylation sites (N-methyl/N-ethyl adjacent to an activating group) is 2. The van der Waals surface area contributed by atoms with Crippen molar-refractivity contribution in [2.45, 2.75) is 25.4 Å². The lowest BCUT2D eigenvalue weighted by molar-refractivity contribution is 0.316. The molecule has 1 heterocycles. The first-order valence-electron chi connectivity index (χ1n) is 8.34. The number of nitrogens with zero attached hydrogens (tertiary/aromatic N) is 3. The molecule has 0 unspecified atom stereocenters. The van der Waals surface area contributed by atoms with Crippen molar-refractivity contribution in [2.75, 3.05) is 20.6 Å². The van der Waals surface area contributed by atoms with Gasteiger partial charge in [0.1, 0.15) is 0 Å². The fourth-order valence-corrected chi connectivity index (χ4v) is 3.47. The molecule has 0 bridgehead atoms. The van der Waals surface area contributed by atoms with Gasteiger partial charge in [0.05, 0.1) is 12.1 Å². The van der Waals surface area contributed by atoms with E-state index in [-0.39, 0.29) is 12.1 Å². The first-order chi connectivity index (χ1) is 11.2. The molecular weight excluding hydrogens is 282 g/mol. The average molecular weight is 307 g/mol. The zero-order valence-corrected chi connectivity index (χ0v) is 14.2. The van der Waals surface area contributed by atoms with Crippen LogP contribution in [0.5, 0.6) is 0 Å². The lowest BCUT2D eigenvalue weighted by Crippen LogP contribution is -2.29. The number of aliphatic imine (C=N–C) groups is 1. The summed E-state index contributed by atoms with van der Waals surface area (Å²) < 4.78 is 0. The first kappa shape index (κ1) is 15.6. The average Bonchev–Trinajstić information content (AvgIpc) is 2.85. The molecule has 3 heteroatoms. The van der Waals surface area contributed by atoms with Crippen molar-refractivity contribution >= 4 is 5.96 Å². The molecule has 1 fully saturated rings.